The van der Waals surface area contributed by atoms with E-state index in [1.54, 1.807) is 10.9 Å². The lowest BCUT2D eigenvalue weighted by molar-refractivity contribution is 0.330. The first kappa shape index (κ1) is 12.7. The first-order chi connectivity index (χ1) is 8.65. The van der Waals surface area contributed by atoms with Gasteiger partial charge in [-0.2, -0.15) is 9.78 Å². The monoisotopic (exact) mass is 306 g/mol. The maximum atomic E-state index is 8.93. The van der Waals surface area contributed by atoms with Gasteiger partial charge in [0.05, 0.1) is 24.0 Å². The highest BCUT2D eigenvalue weighted by molar-refractivity contribution is 9.10. The number of rotatable bonds is 2. The Kier molecular flexibility index (Phi) is 3.69. The fourth-order valence-electron chi connectivity index (χ4n) is 1.48. The van der Waals surface area contributed by atoms with E-state index < -0.39 is 0 Å². The van der Waals surface area contributed by atoms with Gasteiger partial charge in [0.15, 0.2) is 0 Å². The smallest absolute Gasteiger partial charge is 0.250 e. The first-order valence-electron chi connectivity index (χ1n) is 5.13. The summed E-state index contributed by atoms with van der Waals surface area (Å²) in [5.41, 5.74) is 1.15. The molecule has 0 saturated carbocycles. The summed E-state index contributed by atoms with van der Waals surface area (Å²) in [6.07, 6.45) is 1.71. The molecule has 2 rings (SSSR count). The molecule has 1 heterocycles. The Morgan fingerprint density at radius 3 is 2.94 bits per heavy atom. The number of aliphatic hydroxyl groups excluding tert-OH is 1. The van der Waals surface area contributed by atoms with Crippen molar-refractivity contribution >= 4 is 39.5 Å². The molecule has 0 saturated heterocycles. The highest BCUT2D eigenvalue weighted by atomic mass is 79.9. The number of aliphatic hydroxyl groups is 1. The van der Waals surface area contributed by atoms with Crippen molar-refractivity contribution in [3.8, 4) is 0 Å². The van der Waals surface area contributed by atoms with E-state index in [9.17, 15) is 0 Å². The lowest BCUT2D eigenvalue weighted by Gasteiger charge is -2.03. The van der Waals surface area contributed by atoms with E-state index in [1.165, 1.54) is 0 Å². The van der Waals surface area contributed by atoms with E-state index in [0.29, 0.717) is 5.70 Å². The van der Waals surface area contributed by atoms with Gasteiger partial charge in [0.25, 0.3) is 5.96 Å². The summed E-state index contributed by atoms with van der Waals surface area (Å²) in [6, 6.07) is 5.77. The molecule has 0 aliphatic heterocycles. The normalized spacial score (nSPS) is 11.8. The molecule has 92 valence electrons. The number of benzene rings is 1. The molecule has 1 aromatic heterocycles. The topological polar surface area (TPSA) is 62.8 Å². The molecule has 0 radical (unpaired) electrons. The number of hydrogen-bond acceptors (Lipinski definition) is 3. The minimum atomic E-state index is -0.234. The van der Waals surface area contributed by atoms with Crippen molar-refractivity contribution in [2.24, 2.45) is 9.98 Å². The molecule has 0 spiro atoms. The van der Waals surface area contributed by atoms with Gasteiger partial charge in [-0.05, 0) is 18.9 Å². The quantitative estimate of drug-likeness (QED) is 0.683. The third-order valence-corrected chi connectivity index (χ3v) is 2.80. The number of aromatic nitrogens is 2. The third-order valence-electron chi connectivity index (χ3n) is 2.30. The minimum absolute atomic E-state index is 0.234. The van der Waals surface area contributed by atoms with Crippen molar-refractivity contribution in [1.29, 1.82) is 0 Å². The van der Waals surface area contributed by atoms with Crippen molar-refractivity contribution in [3.63, 3.8) is 0 Å². The summed E-state index contributed by atoms with van der Waals surface area (Å²) in [4.78, 5) is 7.88. The molecule has 18 heavy (non-hydrogen) atoms. The molecular weight excluding hydrogens is 296 g/mol. The van der Waals surface area contributed by atoms with Gasteiger partial charge in [-0.15, -0.1) is 0 Å². The summed E-state index contributed by atoms with van der Waals surface area (Å²) in [5.74, 6) is 0.280. The van der Waals surface area contributed by atoms with Crippen LogP contribution in [-0.2, 0) is 0 Å². The number of aliphatic imine (C=N–C) groups is 2. The molecule has 1 N–H and O–H groups in total. The summed E-state index contributed by atoms with van der Waals surface area (Å²) in [7, 11) is 0. The van der Waals surface area contributed by atoms with Crippen LogP contribution in [0.5, 0.6) is 0 Å². The Bertz CT molecular complexity index is 645. The second kappa shape index (κ2) is 5.24. The molecular formula is C12H11BrN4O. The predicted octanol–water partition coefficient (Wildman–Crippen LogP) is 2.21. The van der Waals surface area contributed by atoms with Crippen molar-refractivity contribution < 1.29 is 5.11 Å². The summed E-state index contributed by atoms with van der Waals surface area (Å²) in [6.45, 7) is 6.82. The largest absolute Gasteiger partial charge is 0.390 e. The molecule has 0 aliphatic carbocycles. The van der Waals surface area contributed by atoms with Crippen molar-refractivity contribution in [2.45, 2.75) is 0 Å². The van der Waals surface area contributed by atoms with E-state index >= 15 is 0 Å². The highest BCUT2D eigenvalue weighted by Crippen LogP contribution is 2.19. The van der Waals surface area contributed by atoms with Crippen molar-refractivity contribution in [2.75, 3.05) is 6.61 Å². The highest BCUT2D eigenvalue weighted by Gasteiger charge is 2.08. The first-order valence-corrected chi connectivity index (χ1v) is 5.92. The lowest BCUT2D eigenvalue weighted by Crippen LogP contribution is -2.11. The minimum Gasteiger partial charge on any atom is -0.390 e. The van der Waals surface area contributed by atoms with Gasteiger partial charge >= 0.3 is 0 Å². The zero-order chi connectivity index (χ0) is 13.1. The van der Waals surface area contributed by atoms with Crippen LogP contribution in [0.2, 0.25) is 0 Å². The van der Waals surface area contributed by atoms with E-state index in [0.717, 1.165) is 15.4 Å². The zero-order valence-corrected chi connectivity index (χ0v) is 11.1. The van der Waals surface area contributed by atoms with Gasteiger partial charge < -0.3 is 5.11 Å². The van der Waals surface area contributed by atoms with Crippen LogP contribution < -0.4 is 0 Å². The maximum Gasteiger partial charge on any atom is 0.250 e. The second-order valence-corrected chi connectivity index (χ2v) is 4.47. The van der Waals surface area contributed by atoms with E-state index in [2.05, 4.69) is 44.3 Å². The van der Waals surface area contributed by atoms with Crippen molar-refractivity contribution in [3.05, 3.63) is 41.1 Å². The van der Waals surface area contributed by atoms with Crippen LogP contribution in [-0.4, -0.2) is 34.2 Å². The molecule has 5 nitrogen and oxygen atoms in total. The molecule has 0 amide bonds. The van der Waals surface area contributed by atoms with Gasteiger partial charge in [-0.3, -0.25) is 0 Å². The predicted molar refractivity (Wildman–Crippen MR) is 76.0 cm³/mol. The molecule has 0 aliphatic rings. The Morgan fingerprint density at radius 1 is 1.50 bits per heavy atom. The van der Waals surface area contributed by atoms with Crippen molar-refractivity contribution in [1.82, 2.24) is 9.78 Å². The van der Waals surface area contributed by atoms with Gasteiger partial charge in [-0.25, -0.2) is 9.98 Å². The van der Waals surface area contributed by atoms with Crippen LogP contribution in [0.1, 0.15) is 0 Å². The number of fused-ring (bicyclic) bond motifs is 1. The van der Waals surface area contributed by atoms with Gasteiger partial charge in [0, 0.05) is 9.86 Å². The molecule has 0 unspecified atom stereocenters. The Hall–Kier alpha value is -1.79. The molecule has 0 atom stereocenters. The molecule has 0 fully saturated rings. The summed E-state index contributed by atoms with van der Waals surface area (Å²) in [5, 5.41) is 14.1. The van der Waals surface area contributed by atoms with Crippen LogP contribution in [0, 0.1) is 0 Å². The van der Waals surface area contributed by atoms with E-state index in [4.69, 9.17) is 5.11 Å². The van der Waals surface area contributed by atoms with Crippen LogP contribution in [0.15, 0.2) is 51.1 Å². The average Bonchev–Trinajstić information content (AvgIpc) is 2.78. The average molecular weight is 307 g/mol. The molecule has 2 aromatic rings. The molecule has 1 aromatic carbocycles. The van der Waals surface area contributed by atoms with Crippen LogP contribution in [0.4, 0.5) is 0 Å². The Balaban J connectivity index is 2.58. The van der Waals surface area contributed by atoms with Crippen LogP contribution in [0.25, 0.3) is 10.9 Å². The standard InChI is InChI=1S/C12H11BrN4O/c1-8(7-18)16-12(14-2)17-11-5-10(13)4-3-9(11)6-15-17/h3-6,18H,1-2,7H2/b16-12+. The fourth-order valence-corrected chi connectivity index (χ4v) is 1.83. The Labute approximate surface area is 112 Å². The van der Waals surface area contributed by atoms with Crippen LogP contribution >= 0.6 is 15.9 Å². The second-order valence-electron chi connectivity index (χ2n) is 3.55. The van der Waals surface area contributed by atoms with E-state index in [1.807, 2.05) is 18.2 Å². The van der Waals surface area contributed by atoms with Gasteiger partial charge in [0.1, 0.15) is 0 Å². The molecule has 0 bridgehead atoms. The van der Waals surface area contributed by atoms with E-state index in [-0.39, 0.29) is 12.6 Å². The van der Waals surface area contributed by atoms with Crippen LogP contribution in [0.3, 0.4) is 0 Å². The molecule has 6 heteroatoms. The number of halogens is 1. The fraction of sp³-hybridized carbons (Fsp3) is 0.0833. The summed E-state index contributed by atoms with van der Waals surface area (Å²) >= 11 is 3.40. The lowest BCUT2D eigenvalue weighted by atomic mass is 10.3. The van der Waals surface area contributed by atoms with Gasteiger partial charge in [-0.1, -0.05) is 28.6 Å². The van der Waals surface area contributed by atoms with Gasteiger partial charge in [0.2, 0.25) is 0 Å². The maximum absolute atomic E-state index is 8.93. The summed E-state index contributed by atoms with van der Waals surface area (Å²) < 4.78 is 2.48. The number of hydrogen-bond donors (Lipinski definition) is 1. The third kappa shape index (κ3) is 2.39. The Morgan fingerprint density at radius 2 is 2.28 bits per heavy atom. The SMILES string of the molecule is C=N/C(=N\C(=C)CO)n1ncc2ccc(Br)cc21. The number of nitrogens with zero attached hydrogens (tertiary/aromatic N) is 4. The zero-order valence-electron chi connectivity index (χ0n) is 9.54.